The van der Waals surface area contributed by atoms with E-state index in [1.165, 1.54) is 5.56 Å². The fourth-order valence-corrected chi connectivity index (χ4v) is 4.02. The number of aromatic nitrogens is 2. The lowest BCUT2D eigenvalue weighted by Crippen LogP contribution is -2.36. The maximum absolute atomic E-state index is 12.7. The minimum absolute atomic E-state index is 0.0288. The van der Waals surface area contributed by atoms with Crippen LogP contribution in [0.5, 0.6) is 0 Å². The number of nitrogens with zero attached hydrogens (tertiary/aromatic N) is 3. The van der Waals surface area contributed by atoms with E-state index in [-0.39, 0.29) is 5.56 Å². The first-order chi connectivity index (χ1) is 12.6. The van der Waals surface area contributed by atoms with Crippen molar-refractivity contribution in [1.82, 2.24) is 14.9 Å². The van der Waals surface area contributed by atoms with Crippen LogP contribution in [-0.4, -0.2) is 33.7 Å². The lowest BCUT2D eigenvalue weighted by molar-refractivity contribution is 0.241. The second-order valence-electron chi connectivity index (χ2n) is 7.12. The summed E-state index contributed by atoms with van der Waals surface area (Å²) in [5.41, 5.74) is 4.94. The van der Waals surface area contributed by atoms with Crippen molar-refractivity contribution in [2.45, 2.75) is 45.7 Å². The average Bonchev–Trinajstić information content (AvgIpc) is 2.66. The number of hydrogen-bond donors (Lipinski definition) is 1. The van der Waals surface area contributed by atoms with Gasteiger partial charge in [-0.3, -0.25) is 14.7 Å². The van der Waals surface area contributed by atoms with Crippen LogP contribution in [-0.2, 0) is 19.5 Å². The van der Waals surface area contributed by atoms with Crippen LogP contribution in [0.4, 0.5) is 0 Å². The molecule has 5 nitrogen and oxygen atoms in total. The molecular formula is C20H23ClN4O. The highest BCUT2D eigenvalue weighted by Gasteiger charge is 2.23. The van der Waals surface area contributed by atoms with Gasteiger partial charge in [-0.05, 0) is 43.4 Å². The molecule has 2 aromatic rings. The van der Waals surface area contributed by atoms with Crippen molar-refractivity contribution in [3.63, 3.8) is 0 Å². The van der Waals surface area contributed by atoms with Gasteiger partial charge in [0.1, 0.15) is 0 Å². The third-order valence-electron chi connectivity index (χ3n) is 5.28. The van der Waals surface area contributed by atoms with Crippen LogP contribution in [0.25, 0.3) is 0 Å². The summed E-state index contributed by atoms with van der Waals surface area (Å²) in [4.78, 5) is 27.2. The van der Waals surface area contributed by atoms with Crippen LogP contribution in [0.2, 0.25) is 5.02 Å². The summed E-state index contributed by atoms with van der Waals surface area (Å²) in [6, 6.07) is 5.97. The fraction of sp³-hybridized carbons (Fsp3) is 0.450. The Morgan fingerprint density at radius 1 is 1.27 bits per heavy atom. The molecule has 1 aromatic carbocycles. The third kappa shape index (κ3) is 3.46. The second-order valence-corrected chi connectivity index (χ2v) is 7.53. The average molecular weight is 371 g/mol. The molecule has 26 heavy (non-hydrogen) atoms. The van der Waals surface area contributed by atoms with Crippen molar-refractivity contribution in [2.75, 3.05) is 13.1 Å². The molecule has 1 N–H and O–H groups in total. The number of H-pyrrole nitrogens is 1. The van der Waals surface area contributed by atoms with Gasteiger partial charge in [0.05, 0.1) is 17.0 Å². The van der Waals surface area contributed by atoms with Crippen molar-refractivity contribution >= 4 is 17.3 Å². The van der Waals surface area contributed by atoms with Crippen molar-refractivity contribution in [3.05, 3.63) is 61.8 Å². The molecule has 0 spiro atoms. The van der Waals surface area contributed by atoms with Crippen LogP contribution in [0.15, 0.2) is 28.0 Å². The van der Waals surface area contributed by atoms with E-state index in [2.05, 4.69) is 27.9 Å². The Balaban J connectivity index is 1.58. The number of aromatic amines is 1. The molecule has 0 bridgehead atoms. The zero-order chi connectivity index (χ0) is 18.1. The van der Waals surface area contributed by atoms with Crippen molar-refractivity contribution in [2.24, 2.45) is 4.99 Å². The minimum atomic E-state index is -0.0288. The maximum atomic E-state index is 12.7. The highest BCUT2D eigenvalue weighted by atomic mass is 35.5. The molecule has 1 aromatic heterocycles. The van der Waals surface area contributed by atoms with Gasteiger partial charge in [0.25, 0.3) is 5.56 Å². The zero-order valence-corrected chi connectivity index (χ0v) is 15.8. The Bertz CT molecular complexity index is 898. The van der Waals surface area contributed by atoms with E-state index in [9.17, 15) is 4.79 Å². The van der Waals surface area contributed by atoms with E-state index >= 15 is 0 Å². The van der Waals surface area contributed by atoms with Crippen molar-refractivity contribution in [3.8, 4) is 0 Å². The Morgan fingerprint density at radius 2 is 2.15 bits per heavy atom. The van der Waals surface area contributed by atoms with Gasteiger partial charge in [0.2, 0.25) is 0 Å². The van der Waals surface area contributed by atoms with Gasteiger partial charge in [-0.25, -0.2) is 4.98 Å². The van der Waals surface area contributed by atoms with E-state index in [0.29, 0.717) is 12.4 Å². The first-order valence-corrected chi connectivity index (χ1v) is 9.62. The van der Waals surface area contributed by atoms with Crippen LogP contribution >= 0.6 is 11.6 Å². The molecule has 3 heterocycles. The molecule has 0 amide bonds. The summed E-state index contributed by atoms with van der Waals surface area (Å²) >= 11 is 6.37. The first kappa shape index (κ1) is 17.4. The number of rotatable bonds is 3. The highest BCUT2D eigenvalue weighted by molar-refractivity contribution is 6.31. The van der Waals surface area contributed by atoms with E-state index in [1.807, 2.05) is 12.1 Å². The normalized spacial score (nSPS) is 17.7. The summed E-state index contributed by atoms with van der Waals surface area (Å²) in [5.74, 6) is 0.670. The first-order valence-electron chi connectivity index (χ1n) is 9.24. The summed E-state index contributed by atoms with van der Waals surface area (Å²) in [7, 11) is 0. The molecule has 136 valence electrons. The van der Waals surface area contributed by atoms with Crippen LogP contribution in [0.3, 0.4) is 0 Å². The van der Waals surface area contributed by atoms with Crippen LogP contribution < -0.4 is 5.56 Å². The molecule has 6 heteroatoms. The second kappa shape index (κ2) is 7.33. The minimum Gasteiger partial charge on any atom is -0.305 e. The number of halogens is 1. The molecule has 4 rings (SSSR count). The molecule has 0 atom stereocenters. The summed E-state index contributed by atoms with van der Waals surface area (Å²) in [5, 5.41) is 0.786. The fourth-order valence-electron chi connectivity index (χ4n) is 3.73. The van der Waals surface area contributed by atoms with Gasteiger partial charge in [-0.1, -0.05) is 23.7 Å². The summed E-state index contributed by atoms with van der Waals surface area (Å²) < 4.78 is 0. The van der Waals surface area contributed by atoms with Gasteiger partial charge in [-0.2, -0.15) is 0 Å². The SMILES string of the molecule is Cc1cccc(Cl)c1CN1CCc2nc(C3=NCCCC3)[nH]c(=O)c2C1. The molecule has 0 fully saturated rings. The predicted octanol–water partition coefficient (Wildman–Crippen LogP) is 3.26. The van der Waals surface area contributed by atoms with Crippen LogP contribution in [0, 0.1) is 6.92 Å². The number of nitrogens with one attached hydrogen (secondary N) is 1. The highest BCUT2D eigenvalue weighted by Crippen LogP contribution is 2.24. The summed E-state index contributed by atoms with van der Waals surface area (Å²) in [6.07, 6.45) is 3.92. The molecule has 2 aliphatic rings. The number of hydrogen-bond acceptors (Lipinski definition) is 4. The van der Waals surface area contributed by atoms with Gasteiger partial charge in [0.15, 0.2) is 5.82 Å². The number of aliphatic imine (C=N–C) groups is 1. The lowest BCUT2D eigenvalue weighted by Gasteiger charge is -2.28. The van der Waals surface area contributed by atoms with E-state index in [0.717, 1.165) is 72.9 Å². The molecule has 0 unspecified atom stereocenters. The lowest BCUT2D eigenvalue weighted by atomic mass is 10.0. The van der Waals surface area contributed by atoms with Crippen LogP contribution in [0.1, 0.15) is 47.5 Å². The largest absolute Gasteiger partial charge is 0.305 e. The van der Waals surface area contributed by atoms with Gasteiger partial charge in [0, 0.05) is 37.6 Å². The standard InChI is InChI=1S/C20H23ClN4O/c1-13-5-4-6-16(21)14(13)11-25-10-8-17-15(12-25)20(26)24-19(23-17)18-7-2-3-9-22-18/h4-6H,2-3,7-12H2,1H3,(H,23,24,26). The predicted molar refractivity (Wildman–Crippen MR) is 104 cm³/mol. The molecular weight excluding hydrogens is 348 g/mol. The molecule has 0 aliphatic carbocycles. The number of benzene rings is 1. The Morgan fingerprint density at radius 3 is 2.92 bits per heavy atom. The molecule has 0 saturated heterocycles. The van der Waals surface area contributed by atoms with Gasteiger partial charge >= 0.3 is 0 Å². The third-order valence-corrected chi connectivity index (χ3v) is 5.63. The monoisotopic (exact) mass is 370 g/mol. The zero-order valence-electron chi connectivity index (χ0n) is 15.0. The van der Waals surface area contributed by atoms with Gasteiger partial charge in [-0.15, -0.1) is 0 Å². The molecule has 0 saturated carbocycles. The van der Waals surface area contributed by atoms with Crippen molar-refractivity contribution < 1.29 is 0 Å². The number of aryl methyl sites for hydroxylation is 1. The maximum Gasteiger partial charge on any atom is 0.255 e. The number of fused-ring (bicyclic) bond motifs is 1. The van der Waals surface area contributed by atoms with Gasteiger partial charge < -0.3 is 4.98 Å². The molecule has 2 aliphatic heterocycles. The topological polar surface area (TPSA) is 61.4 Å². The van der Waals surface area contributed by atoms with E-state index < -0.39 is 0 Å². The van der Waals surface area contributed by atoms with Crippen molar-refractivity contribution in [1.29, 1.82) is 0 Å². The Kier molecular flexibility index (Phi) is 4.92. The quantitative estimate of drug-likeness (QED) is 0.902. The van der Waals surface area contributed by atoms with E-state index in [1.54, 1.807) is 0 Å². The molecule has 0 radical (unpaired) electrons. The Hall–Kier alpha value is -1.98. The Labute approximate surface area is 158 Å². The summed E-state index contributed by atoms with van der Waals surface area (Å²) in [6.45, 7) is 5.14. The van der Waals surface area contributed by atoms with E-state index in [4.69, 9.17) is 16.6 Å². The smallest absolute Gasteiger partial charge is 0.255 e.